The summed E-state index contributed by atoms with van der Waals surface area (Å²) in [6.45, 7) is 1.14. The fraction of sp³-hybridized carbons (Fsp3) is 0.500. The van der Waals surface area contributed by atoms with Crippen LogP contribution in [0.1, 0.15) is 24.1 Å². The Kier molecular flexibility index (Phi) is 4.28. The summed E-state index contributed by atoms with van der Waals surface area (Å²) in [6.07, 6.45) is 5.44. The van der Waals surface area contributed by atoms with Gasteiger partial charge in [-0.05, 0) is 36.6 Å². The molecule has 2 aromatic rings. The van der Waals surface area contributed by atoms with Crippen molar-refractivity contribution in [3.63, 3.8) is 0 Å². The van der Waals surface area contributed by atoms with E-state index in [1.807, 2.05) is 6.20 Å². The van der Waals surface area contributed by atoms with E-state index in [9.17, 15) is 0 Å². The number of hydrogen-bond donors (Lipinski definition) is 2. The minimum Gasteiger partial charge on any atom is -0.396 e. The lowest BCUT2D eigenvalue weighted by molar-refractivity contribution is 0.256. The SMILES string of the molecule is OCCC(NCc1cnc(-c2ccsc2)s1)C1CC1. The highest BCUT2D eigenvalue weighted by atomic mass is 32.1. The Labute approximate surface area is 121 Å². The fourth-order valence-corrected chi connectivity index (χ4v) is 3.86. The molecule has 0 bridgehead atoms. The lowest BCUT2D eigenvalue weighted by atomic mass is 10.1. The molecule has 1 saturated carbocycles. The number of aromatic nitrogens is 1. The van der Waals surface area contributed by atoms with E-state index >= 15 is 0 Å². The Hall–Kier alpha value is -0.750. The molecular formula is C14H18N2OS2. The first-order chi connectivity index (χ1) is 9.36. The van der Waals surface area contributed by atoms with Crippen LogP contribution in [-0.4, -0.2) is 22.7 Å². The van der Waals surface area contributed by atoms with Crippen molar-refractivity contribution >= 4 is 22.7 Å². The molecule has 1 unspecified atom stereocenters. The Morgan fingerprint density at radius 3 is 3.05 bits per heavy atom. The van der Waals surface area contributed by atoms with Gasteiger partial charge in [0.2, 0.25) is 0 Å². The molecule has 2 N–H and O–H groups in total. The highest BCUT2D eigenvalue weighted by molar-refractivity contribution is 7.15. The summed E-state index contributed by atoms with van der Waals surface area (Å²) in [7, 11) is 0. The van der Waals surface area contributed by atoms with Crippen LogP contribution in [0.2, 0.25) is 0 Å². The van der Waals surface area contributed by atoms with Crippen molar-refractivity contribution in [3.05, 3.63) is 27.9 Å². The van der Waals surface area contributed by atoms with Crippen LogP contribution in [0.15, 0.2) is 23.0 Å². The normalized spacial score (nSPS) is 16.7. The Balaban J connectivity index is 1.58. The predicted molar refractivity (Wildman–Crippen MR) is 80.5 cm³/mol. The summed E-state index contributed by atoms with van der Waals surface area (Å²) in [6, 6.07) is 2.58. The van der Waals surface area contributed by atoms with E-state index in [1.54, 1.807) is 22.7 Å². The van der Waals surface area contributed by atoms with Crippen LogP contribution in [0.25, 0.3) is 10.6 Å². The molecule has 2 heterocycles. The van der Waals surface area contributed by atoms with Gasteiger partial charge in [-0.25, -0.2) is 4.98 Å². The summed E-state index contributed by atoms with van der Waals surface area (Å²) in [5.41, 5.74) is 1.22. The van der Waals surface area contributed by atoms with E-state index in [0.717, 1.165) is 23.9 Å². The molecule has 1 aliphatic carbocycles. The van der Waals surface area contributed by atoms with Crippen LogP contribution in [0, 0.1) is 5.92 Å². The molecule has 0 aromatic carbocycles. The summed E-state index contributed by atoms with van der Waals surface area (Å²) in [5.74, 6) is 0.774. The number of rotatable bonds is 7. The molecule has 1 fully saturated rings. The number of aliphatic hydroxyl groups is 1. The lowest BCUT2D eigenvalue weighted by Gasteiger charge is -2.16. The van der Waals surface area contributed by atoms with Gasteiger partial charge in [-0.3, -0.25) is 0 Å². The van der Waals surface area contributed by atoms with Gasteiger partial charge in [0.05, 0.1) is 0 Å². The van der Waals surface area contributed by atoms with Gasteiger partial charge >= 0.3 is 0 Å². The zero-order chi connectivity index (χ0) is 13.1. The number of thiazole rings is 1. The van der Waals surface area contributed by atoms with E-state index in [0.29, 0.717) is 6.04 Å². The second-order valence-electron chi connectivity index (χ2n) is 4.98. The maximum absolute atomic E-state index is 9.09. The molecule has 2 aromatic heterocycles. The van der Waals surface area contributed by atoms with Crippen LogP contribution in [-0.2, 0) is 6.54 Å². The zero-order valence-electron chi connectivity index (χ0n) is 10.7. The van der Waals surface area contributed by atoms with Crippen molar-refractivity contribution in [3.8, 4) is 10.6 Å². The van der Waals surface area contributed by atoms with E-state index < -0.39 is 0 Å². The monoisotopic (exact) mass is 294 g/mol. The third-order valence-corrected chi connectivity index (χ3v) is 5.22. The molecule has 5 heteroatoms. The molecule has 1 aliphatic rings. The molecule has 0 spiro atoms. The quantitative estimate of drug-likeness (QED) is 0.824. The van der Waals surface area contributed by atoms with Gasteiger partial charge in [-0.1, -0.05) is 0 Å². The molecule has 1 atom stereocenters. The summed E-state index contributed by atoms with van der Waals surface area (Å²) >= 11 is 3.46. The summed E-state index contributed by atoms with van der Waals surface area (Å²) in [4.78, 5) is 5.75. The van der Waals surface area contributed by atoms with E-state index in [-0.39, 0.29) is 6.61 Å². The summed E-state index contributed by atoms with van der Waals surface area (Å²) < 4.78 is 0. The second-order valence-corrected chi connectivity index (χ2v) is 6.88. The van der Waals surface area contributed by atoms with Gasteiger partial charge in [0.1, 0.15) is 5.01 Å². The first-order valence-corrected chi connectivity index (χ1v) is 8.44. The third-order valence-electron chi connectivity index (χ3n) is 3.49. The molecular weight excluding hydrogens is 276 g/mol. The van der Waals surface area contributed by atoms with Crippen LogP contribution >= 0.6 is 22.7 Å². The van der Waals surface area contributed by atoms with Gasteiger partial charge in [0.25, 0.3) is 0 Å². The van der Waals surface area contributed by atoms with E-state index in [2.05, 4.69) is 27.1 Å². The first kappa shape index (κ1) is 13.2. The standard InChI is InChI=1S/C14H18N2OS2/c17-5-3-13(10-1-2-10)15-7-12-8-16-14(19-12)11-4-6-18-9-11/h4,6,8-10,13,15,17H,1-3,5,7H2. The smallest absolute Gasteiger partial charge is 0.124 e. The Morgan fingerprint density at radius 1 is 1.47 bits per heavy atom. The topological polar surface area (TPSA) is 45.1 Å². The van der Waals surface area contributed by atoms with Gasteiger partial charge in [0.15, 0.2) is 0 Å². The van der Waals surface area contributed by atoms with Crippen molar-refractivity contribution < 1.29 is 5.11 Å². The number of nitrogens with one attached hydrogen (secondary N) is 1. The molecule has 19 heavy (non-hydrogen) atoms. The second kappa shape index (κ2) is 6.13. The maximum Gasteiger partial charge on any atom is 0.124 e. The van der Waals surface area contributed by atoms with Gasteiger partial charge in [0, 0.05) is 41.2 Å². The van der Waals surface area contributed by atoms with Crippen molar-refractivity contribution in [2.24, 2.45) is 5.92 Å². The number of aliphatic hydroxyl groups excluding tert-OH is 1. The van der Waals surface area contributed by atoms with E-state index in [1.165, 1.54) is 23.3 Å². The van der Waals surface area contributed by atoms with Crippen LogP contribution in [0.5, 0.6) is 0 Å². The summed E-state index contributed by atoms with van der Waals surface area (Å²) in [5, 5.41) is 18.0. The van der Waals surface area contributed by atoms with Gasteiger partial charge in [-0.2, -0.15) is 11.3 Å². The molecule has 102 valence electrons. The van der Waals surface area contributed by atoms with Crippen molar-refractivity contribution in [1.29, 1.82) is 0 Å². The Bertz CT molecular complexity index is 505. The van der Waals surface area contributed by atoms with Crippen molar-refractivity contribution in [1.82, 2.24) is 10.3 Å². The maximum atomic E-state index is 9.09. The minimum atomic E-state index is 0.275. The highest BCUT2D eigenvalue weighted by Crippen LogP contribution is 2.34. The lowest BCUT2D eigenvalue weighted by Crippen LogP contribution is -2.31. The van der Waals surface area contributed by atoms with Crippen molar-refractivity contribution in [2.75, 3.05) is 6.61 Å². The van der Waals surface area contributed by atoms with Gasteiger partial charge in [-0.15, -0.1) is 11.3 Å². The largest absolute Gasteiger partial charge is 0.396 e. The molecule has 0 radical (unpaired) electrons. The molecule has 3 nitrogen and oxygen atoms in total. The van der Waals surface area contributed by atoms with Crippen LogP contribution in [0.4, 0.5) is 0 Å². The van der Waals surface area contributed by atoms with Crippen LogP contribution < -0.4 is 5.32 Å². The Morgan fingerprint density at radius 2 is 2.37 bits per heavy atom. The third kappa shape index (κ3) is 3.42. The fourth-order valence-electron chi connectivity index (χ4n) is 2.28. The first-order valence-electron chi connectivity index (χ1n) is 6.68. The molecule has 0 aliphatic heterocycles. The average Bonchev–Trinajstić information content (AvgIpc) is 2.93. The zero-order valence-corrected chi connectivity index (χ0v) is 12.3. The minimum absolute atomic E-state index is 0.275. The molecule has 0 amide bonds. The van der Waals surface area contributed by atoms with Crippen LogP contribution in [0.3, 0.4) is 0 Å². The average molecular weight is 294 g/mol. The molecule has 0 saturated heterocycles. The van der Waals surface area contributed by atoms with Crippen molar-refractivity contribution in [2.45, 2.75) is 31.8 Å². The van der Waals surface area contributed by atoms with Gasteiger partial charge < -0.3 is 10.4 Å². The van der Waals surface area contributed by atoms with E-state index in [4.69, 9.17) is 5.11 Å². The molecule has 3 rings (SSSR count). The number of nitrogens with zero attached hydrogens (tertiary/aromatic N) is 1. The predicted octanol–water partition coefficient (Wildman–Crippen LogP) is 3.12. The number of hydrogen-bond acceptors (Lipinski definition) is 5. The number of thiophene rings is 1. The highest BCUT2D eigenvalue weighted by Gasteiger charge is 2.30.